The summed E-state index contributed by atoms with van der Waals surface area (Å²) >= 11 is 1.61. The number of benzene rings is 1. The molecule has 0 fully saturated rings. The maximum Gasteiger partial charge on any atom is 0.330 e. The summed E-state index contributed by atoms with van der Waals surface area (Å²) in [4.78, 5) is 44.9. The Morgan fingerprint density at radius 3 is 2.83 bits per heavy atom. The molecule has 0 radical (unpaired) electrons. The smallest absolute Gasteiger partial charge is 0.330 e. The van der Waals surface area contributed by atoms with Crippen LogP contribution >= 0.6 is 11.3 Å². The molecule has 30 heavy (non-hydrogen) atoms. The van der Waals surface area contributed by atoms with Crippen LogP contribution in [0.15, 0.2) is 33.9 Å². The van der Waals surface area contributed by atoms with Crippen LogP contribution in [-0.4, -0.2) is 40.6 Å². The van der Waals surface area contributed by atoms with Crippen LogP contribution in [0.3, 0.4) is 0 Å². The number of para-hydroxylation sites is 1. The van der Waals surface area contributed by atoms with E-state index in [2.05, 4.69) is 15.3 Å². The van der Waals surface area contributed by atoms with E-state index in [1.165, 1.54) is 9.47 Å². The SMILES string of the molecule is CCCCn1c(N)c(N(C)CC(=O)NCCc2nc3ccccc3s2)c(=O)[nH]c1=O. The maximum absolute atomic E-state index is 12.3. The number of hydrogen-bond donors (Lipinski definition) is 3. The summed E-state index contributed by atoms with van der Waals surface area (Å²) in [6.45, 7) is 2.79. The molecule has 1 amide bonds. The second-order valence-corrected chi connectivity index (χ2v) is 8.14. The number of rotatable bonds is 9. The van der Waals surface area contributed by atoms with Gasteiger partial charge in [0.05, 0.1) is 21.8 Å². The highest BCUT2D eigenvalue weighted by atomic mass is 32.1. The van der Waals surface area contributed by atoms with Crippen molar-refractivity contribution in [1.29, 1.82) is 0 Å². The average molecular weight is 431 g/mol. The number of carbonyl (C=O) groups excluding carboxylic acids is 1. The highest BCUT2D eigenvalue weighted by molar-refractivity contribution is 7.18. The van der Waals surface area contributed by atoms with Gasteiger partial charge >= 0.3 is 5.69 Å². The molecule has 9 nitrogen and oxygen atoms in total. The molecule has 10 heteroatoms. The summed E-state index contributed by atoms with van der Waals surface area (Å²) in [6.07, 6.45) is 2.26. The standard InChI is InChI=1S/C20H26N6O3S/c1-3-4-11-26-18(21)17(19(28)24-20(26)29)25(2)12-15(27)22-10-9-16-23-13-7-5-6-8-14(13)30-16/h5-8H,3-4,9-12,21H2,1-2H3,(H,22,27)(H,24,28,29). The second kappa shape index (κ2) is 9.57. The van der Waals surface area contributed by atoms with Gasteiger partial charge in [-0.15, -0.1) is 11.3 Å². The molecule has 0 bridgehead atoms. The van der Waals surface area contributed by atoms with Crippen LogP contribution in [0.25, 0.3) is 10.2 Å². The topological polar surface area (TPSA) is 126 Å². The van der Waals surface area contributed by atoms with E-state index in [0.717, 1.165) is 28.1 Å². The van der Waals surface area contributed by atoms with Crippen molar-refractivity contribution in [2.24, 2.45) is 0 Å². The van der Waals surface area contributed by atoms with E-state index in [1.54, 1.807) is 18.4 Å². The molecule has 3 rings (SSSR count). The lowest BCUT2D eigenvalue weighted by atomic mass is 10.3. The van der Waals surface area contributed by atoms with Crippen LogP contribution in [0.4, 0.5) is 11.5 Å². The Bertz CT molecular complexity index is 1120. The van der Waals surface area contributed by atoms with Crippen molar-refractivity contribution in [2.45, 2.75) is 32.7 Å². The third kappa shape index (κ3) is 4.88. The zero-order valence-corrected chi connectivity index (χ0v) is 17.9. The van der Waals surface area contributed by atoms with Crippen molar-refractivity contribution in [3.05, 3.63) is 50.1 Å². The van der Waals surface area contributed by atoms with E-state index >= 15 is 0 Å². The molecule has 0 saturated heterocycles. The Morgan fingerprint density at radius 1 is 1.33 bits per heavy atom. The lowest BCUT2D eigenvalue weighted by Crippen LogP contribution is -2.41. The minimum absolute atomic E-state index is 0.0564. The molecule has 3 aromatic rings. The van der Waals surface area contributed by atoms with Gasteiger partial charge in [-0.2, -0.15) is 0 Å². The summed E-state index contributed by atoms with van der Waals surface area (Å²) in [6, 6.07) is 7.90. The quantitative estimate of drug-likeness (QED) is 0.470. The largest absolute Gasteiger partial charge is 0.383 e. The molecule has 0 aliphatic rings. The van der Waals surface area contributed by atoms with Crippen molar-refractivity contribution in [1.82, 2.24) is 19.9 Å². The number of nitrogens with zero attached hydrogens (tertiary/aromatic N) is 3. The molecule has 0 unspecified atom stereocenters. The van der Waals surface area contributed by atoms with Gasteiger partial charge in [0.2, 0.25) is 5.91 Å². The Morgan fingerprint density at radius 2 is 2.10 bits per heavy atom. The summed E-state index contributed by atoms with van der Waals surface area (Å²) in [7, 11) is 1.60. The zero-order chi connectivity index (χ0) is 21.7. The van der Waals surface area contributed by atoms with E-state index < -0.39 is 11.2 Å². The zero-order valence-electron chi connectivity index (χ0n) is 17.1. The van der Waals surface area contributed by atoms with Gasteiger partial charge < -0.3 is 16.0 Å². The number of nitrogens with two attached hydrogens (primary N) is 1. The number of aromatic amines is 1. The minimum atomic E-state index is -0.602. The Kier molecular flexibility index (Phi) is 6.88. The number of hydrogen-bond acceptors (Lipinski definition) is 7. The highest BCUT2D eigenvalue weighted by Gasteiger charge is 2.18. The van der Waals surface area contributed by atoms with E-state index in [4.69, 9.17) is 5.73 Å². The molecule has 160 valence electrons. The number of likely N-dealkylation sites (N-methyl/N-ethyl adjacent to an activating group) is 1. The lowest BCUT2D eigenvalue weighted by Gasteiger charge is -2.21. The van der Waals surface area contributed by atoms with Gasteiger partial charge in [0, 0.05) is 26.6 Å². The molecule has 0 spiro atoms. The summed E-state index contributed by atoms with van der Waals surface area (Å²) in [5.74, 6) is -0.175. The Labute approximate surface area is 177 Å². The van der Waals surface area contributed by atoms with Crippen LogP contribution in [0, 0.1) is 0 Å². The van der Waals surface area contributed by atoms with Crippen molar-refractivity contribution >= 4 is 39.0 Å². The Hall–Kier alpha value is -3.14. The van der Waals surface area contributed by atoms with E-state index in [9.17, 15) is 14.4 Å². The second-order valence-electron chi connectivity index (χ2n) is 7.03. The van der Waals surface area contributed by atoms with Gasteiger partial charge in [-0.25, -0.2) is 9.78 Å². The number of nitrogens with one attached hydrogen (secondary N) is 2. The monoisotopic (exact) mass is 430 g/mol. The molecule has 2 heterocycles. The number of nitrogen functional groups attached to an aromatic ring is 1. The van der Waals surface area contributed by atoms with E-state index in [0.29, 0.717) is 19.5 Å². The Balaban J connectivity index is 1.61. The maximum atomic E-state index is 12.3. The minimum Gasteiger partial charge on any atom is -0.383 e. The molecule has 1 aromatic carbocycles. The normalized spacial score (nSPS) is 11.0. The highest BCUT2D eigenvalue weighted by Crippen LogP contribution is 2.21. The number of carbonyl (C=O) groups is 1. The van der Waals surface area contributed by atoms with Crippen molar-refractivity contribution in [3.8, 4) is 0 Å². The van der Waals surface area contributed by atoms with Crippen molar-refractivity contribution in [3.63, 3.8) is 0 Å². The lowest BCUT2D eigenvalue weighted by molar-refractivity contribution is -0.119. The molecule has 4 N–H and O–H groups in total. The van der Waals surface area contributed by atoms with Crippen LogP contribution in [-0.2, 0) is 17.8 Å². The van der Waals surface area contributed by atoms with Gasteiger partial charge in [-0.3, -0.25) is 19.1 Å². The first-order valence-electron chi connectivity index (χ1n) is 9.85. The van der Waals surface area contributed by atoms with Crippen molar-refractivity contribution < 1.29 is 4.79 Å². The fourth-order valence-electron chi connectivity index (χ4n) is 3.17. The summed E-state index contributed by atoms with van der Waals surface area (Å²) < 4.78 is 2.45. The number of unbranched alkanes of at least 4 members (excludes halogenated alkanes) is 1. The predicted octanol–water partition coefficient (Wildman–Crippen LogP) is 1.32. The fourth-order valence-corrected chi connectivity index (χ4v) is 4.14. The third-order valence-corrected chi connectivity index (χ3v) is 5.81. The van der Waals surface area contributed by atoms with Gasteiger partial charge in [0.25, 0.3) is 5.56 Å². The van der Waals surface area contributed by atoms with Gasteiger partial charge in [-0.1, -0.05) is 25.5 Å². The van der Waals surface area contributed by atoms with Crippen LogP contribution in [0.2, 0.25) is 0 Å². The van der Waals surface area contributed by atoms with Gasteiger partial charge in [-0.05, 0) is 18.6 Å². The molecular formula is C20H26N6O3S. The van der Waals surface area contributed by atoms with E-state index in [-0.39, 0.29) is 24.0 Å². The molecule has 2 aromatic heterocycles. The molecule has 0 aliphatic heterocycles. The number of H-pyrrole nitrogens is 1. The van der Waals surface area contributed by atoms with Crippen LogP contribution in [0.1, 0.15) is 24.8 Å². The first-order chi connectivity index (χ1) is 14.4. The van der Waals surface area contributed by atoms with Gasteiger partial charge in [0.1, 0.15) is 11.5 Å². The summed E-state index contributed by atoms with van der Waals surface area (Å²) in [5.41, 5.74) is 6.01. The molecular weight excluding hydrogens is 404 g/mol. The third-order valence-electron chi connectivity index (χ3n) is 4.71. The first-order valence-corrected chi connectivity index (χ1v) is 10.7. The van der Waals surface area contributed by atoms with Gasteiger partial charge in [0.15, 0.2) is 0 Å². The predicted molar refractivity (Wildman–Crippen MR) is 120 cm³/mol. The molecule has 0 saturated carbocycles. The average Bonchev–Trinajstić information content (AvgIpc) is 3.10. The summed E-state index contributed by atoms with van der Waals surface area (Å²) in [5, 5.41) is 3.79. The molecule has 0 aliphatic carbocycles. The number of aromatic nitrogens is 3. The number of anilines is 2. The first kappa shape index (κ1) is 21.6. The number of fused-ring (bicyclic) bond motifs is 1. The number of thiazole rings is 1. The van der Waals surface area contributed by atoms with Crippen LogP contribution < -0.4 is 27.2 Å². The molecule has 0 atom stereocenters. The van der Waals surface area contributed by atoms with E-state index in [1.807, 2.05) is 31.2 Å². The van der Waals surface area contributed by atoms with Crippen molar-refractivity contribution in [2.75, 3.05) is 30.8 Å². The number of amides is 1. The van der Waals surface area contributed by atoms with Crippen LogP contribution in [0.5, 0.6) is 0 Å². The fraction of sp³-hybridized carbons (Fsp3) is 0.400.